The van der Waals surface area contributed by atoms with Crippen LogP contribution in [0.5, 0.6) is 0 Å². The second kappa shape index (κ2) is 8.03. The van der Waals surface area contributed by atoms with Crippen molar-refractivity contribution in [3.8, 4) is 0 Å². The molecule has 0 aromatic carbocycles. The molecule has 2 saturated heterocycles. The fraction of sp³-hybridized carbons (Fsp3) is 0.632. The van der Waals surface area contributed by atoms with Gasteiger partial charge in [-0.05, 0) is 25.3 Å². The Balaban J connectivity index is 1.61. The number of amides is 2. The first kappa shape index (κ1) is 18.6. The lowest BCUT2D eigenvalue weighted by Gasteiger charge is -2.48. The number of rotatable bonds is 5. The number of β-amino-alcohol motifs (C(OH)–C–C–N with tert-alkyl or cyclic N) is 1. The van der Waals surface area contributed by atoms with Crippen LogP contribution in [0.4, 0.5) is 0 Å². The number of aliphatic hydroxyl groups excluding tert-OH is 1. The summed E-state index contributed by atoms with van der Waals surface area (Å²) in [5.74, 6) is 0.155. The number of aromatic nitrogens is 1. The molecule has 3 heterocycles. The first-order chi connectivity index (χ1) is 12.5. The molecule has 2 aliphatic heterocycles. The molecule has 7 nitrogen and oxygen atoms in total. The molecule has 1 aromatic rings. The molecule has 3 rings (SSSR count). The van der Waals surface area contributed by atoms with Gasteiger partial charge in [0.1, 0.15) is 0 Å². The van der Waals surface area contributed by atoms with Gasteiger partial charge in [0, 0.05) is 63.2 Å². The largest absolute Gasteiger partial charge is 0.395 e. The summed E-state index contributed by atoms with van der Waals surface area (Å²) in [4.78, 5) is 40.1. The normalized spacial score (nSPS) is 23.5. The van der Waals surface area contributed by atoms with Crippen molar-refractivity contribution in [2.75, 3.05) is 32.8 Å². The third-order valence-electron chi connectivity index (χ3n) is 5.60. The number of likely N-dealkylation sites (tertiary alicyclic amines) is 2. The van der Waals surface area contributed by atoms with Crippen LogP contribution in [-0.4, -0.2) is 64.1 Å². The van der Waals surface area contributed by atoms with E-state index in [0.717, 1.165) is 25.8 Å². The molecule has 1 spiro atoms. The first-order valence-electron chi connectivity index (χ1n) is 9.35. The van der Waals surface area contributed by atoms with E-state index in [9.17, 15) is 19.5 Å². The van der Waals surface area contributed by atoms with E-state index in [4.69, 9.17) is 0 Å². The number of aliphatic hydroxyl groups is 1. The molecule has 7 heteroatoms. The average molecular weight is 361 g/mol. The van der Waals surface area contributed by atoms with Crippen molar-refractivity contribution in [2.24, 2.45) is 5.41 Å². The molecule has 2 fully saturated rings. The minimum absolute atomic E-state index is 0.0315. The standard InChI is InChI=1S/C19H27N3O4/c23-13-12-22-15-19(8-5-17(22)25)7-3-10-21(14-19)18(26)6-11-20-9-2-1-4-16(20)24/h1-2,4,9,23H,3,5-8,10-15H2/t19-/m0/s1. The van der Waals surface area contributed by atoms with E-state index in [2.05, 4.69) is 0 Å². The van der Waals surface area contributed by atoms with Crippen LogP contribution in [0.2, 0.25) is 0 Å². The molecule has 0 aliphatic carbocycles. The summed E-state index contributed by atoms with van der Waals surface area (Å²) >= 11 is 0. The van der Waals surface area contributed by atoms with Crippen LogP contribution in [0.15, 0.2) is 29.2 Å². The predicted molar refractivity (Wildman–Crippen MR) is 96.5 cm³/mol. The lowest BCUT2D eigenvalue weighted by Crippen LogP contribution is -2.55. The summed E-state index contributed by atoms with van der Waals surface area (Å²) in [7, 11) is 0. The van der Waals surface area contributed by atoms with Gasteiger partial charge >= 0.3 is 0 Å². The van der Waals surface area contributed by atoms with Gasteiger partial charge in [-0.25, -0.2) is 0 Å². The van der Waals surface area contributed by atoms with Crippen LogP contribution in [0.3, 0.4) is 0 Å². The molecule has 0 radical (unpaired) electrons. The molecule has 1 atom stereocenters. The molecular formula is C19H27N3O4. The first-order valence-corrected chi connectivity index (χ1v) is 9.35. The number of hydrogen-bond acceptors (Lipinski definition) is 4. The van der Waals surface area contributed by atoms with Gasteiger partial charge in [-0.1, -0.05) is 6.07 Å². The number of carbonyl (C=O) groups excluding carboxylic acids is 2. The Morgan fingerprint density at radius 3 is 2.77 bits per heavy atom. The Morgan fingerprint density at radius 2 is 2.00 bits per heavy atom. The summed E-state index contributed by atoms with van der Waals surface area (Å²) in [5.41, 5.74) is -0.151. The molecule has 1 N–H and O–H groups in total. The zero-order valence-electron chi connectivity index (χ0n) is 15.1. The summed E-state index contributed by atoms with van der Waals surface area (Å²) < 4.78 is 1.56. The second-order valence-corrected chi connectivity index (χ2v) is 7.44. The van der Waals surface area contributed by atoms with Crippen molar-refractivity contribution in [2.45, 2.75) is 38.6 Å². The summed E-state index contributed by atoms with van der Waals surface area (Å²) in [6.45, 7) is 2.73. The third-order valence-corrected chi connectivity index (χ3v) is 5.60. The van der Waals surface area contributed by atoms with Gasteiger partial charge in [-0.3, -0.25) is 14.4 Å². The highest BCUT2D eigenvalue weighted by atomic mass is 16.3. The van der Waals surface area contributed by atoms with Crippen molar-refractivity contribution < 1.29 is 14.7 Å². The smallest absolute Gasteiger partial charge is 0.250 e. The van der Waals surface area contributed by atoms with Crippen molar-refractivity contribution in [1.82, 2.24) is 14.4 Å². The SMILES string of the molecule is O=C1CC[C@]2(CCCN(C(=O)CCn3ccccc3=O)C2)CN1CCO. The van der Waals surface area contributed by atoms with Gasteiger partial charge in [0.25, 0.3) is 5.56 Å². The van der Waals surface area contributed by atoms with Crippen molar-refractivity contribution in [3.63, 3.8) is 0 Å². The Labute approximate surface area is 153 Å². The zero-order valence-corrected chi connectivity index (χ0v) is 15.1. The number of pyridine rings is 1. The molecule has 0 bridgehead atoms. The Hall–Kier alpha value is -2.15. The maximum absolute atomic E-state index is 12.7. The van der Waals surface area contributed by atoms with Gasteiger partial charge in [0.15, 0.2) is 0 Å². The van der Waals surface area contributed by atoms with Gasteiger partial charge in [0.05, 0.1) is 6.61 Å². The van der Waals surface area contributed by atoms with E-state index in [1.54, 1.807) is 27.8 Å². The maximum Gasteiger partial charge on any atom is 0.250 e. The van der Waals surface area contributed by atoms with Gasteiger partial charge < -0.3 is 19.5 Å². The van der Waals surface area contributed by atoms with E-state index in [-0.39, 0.29) is 29.4 Å². The minimum Gasteiger partial charge on any atom is -0.395 e. The quantitative estimate of drug-likeness (QED) is 0.826. The molecule has 26 heavy (non-hydrogen) atoms. The summed E-state index contributed by atoms with van der Waals surface area (Å²) in [5, 5.41) is 9.18. The highest BCUT2D eigenvalue weighted by molar-refractivity contribution is 5.78. The van der Waals surface area contributed by atoms with Crippen LogP contribution in [0.25, 0.3) is 0 Å². The van der Waals surface area contributed by atoms with Crippen LogP contribution < -0.4 is 5.56 Å². The second-order valence-electron chi connectivity index (χ2n) is 7.44. The van der Waals surface area contributed by atoms with Crippen LogP contribution in [-0.2, 0) is 16.1 Å². The summed E-state index contributed by atoms with van der Waals surface area (Å²) in [6, 6.07) is 4.98. The molecule has 142 valence electrons. The number of carbonyl (C=O) groups is 2. The third kappa shape index (κ3) is 4.15. The van der Waals surface area contributed by atoms with E-state index in [1.807, 2.05) is 4.90 Å². The molecule has 0 saturated carbocycles. The predicted octanol–water partition coefficient (Wildman–Crippen LogP) is 0.462. The van der Waals surface area contributed by atoms with Crippen molar-refractivity contribution in [3.05, 3.63) is 34.7 Å². The Morgan fingerprint density at radius 1 is 1.15 bits per heavy atom. The minimum atomic E-state index is -0.0964. The number of hydrogen-bond donors (Lipinski definition) is 1. The van der Waals surface area contributed by atoms with Crippen molar-refractivity contribution >= 4 is 11.8 Å². The Kier molecular flexibility index (Phi) is 5.76. The van der Waals surface area contributed by atoms with Crippen LogP contribution in [0, 0.1) is 5.41 Å². The van der Waals surface area contributed by atoms with Crippen molar-refractivity contribution in [1.29, 1.82) is 0 Å². The van der Waals surface area contributed by atoms with E-state index >= 15 is 0 Å². The monoisotopic (exact) mass is 361 g/mol. The molecule has 2 amide bonds. The average Bonchev–Trinajstić information content (AvgIpc) is 2.64. The van der Waals surface area contributed by atoms with E-state index in [0.29, 0.717) is 39.0 Å². The maximum atomic E-state index is 12.7. The fourth-order valence-electron chi connectivity index (χ4n) is 4.20. The van der Waals surface area contributed by atoms with Gasteiger partial charge in [-0.15, -0.1) is 0 Å². The Bertz CT molecular complexity index is 717. The molecular weight excluding hydrogens is 334 g/mol. The molecule has 1 aromatic heterocycles. The number of aryl methyl sites for hydroxylation is 1. The van der Waals surface area contributed by atoms with Gasteiger partial charge in [-0.2, -0.15) is 0 Å². The van der Waals surface area contributed by atoms with E-state index < -0.39 is 0 Å². The fourth-order valence-corrected chi connectivity index (χ4v) is 4.20. The highest BCUT2D eigenvalue weighted by Gasteiger charge is 2.42. The van der Waals surface area contributed by atoms with Gasteiger partial charge in [0.2, 0.25) is 11.8 Å². The topological polar surface area (TPSA) is 82.9 Å². The lowest BCUT2D eigenvalue weighted by molar-refractivity contribution is -0.143. The number of piperidine rings is 2. The lowest BCUT2D eigenvalue weighted by atomic mass is 9.73. The number of nitrogens with zero attached hydrogens (tertiary/aromatic N) is 3. The van der Waals surface area contributed by atoms with Crippen LogP contribution >= 0.6 is 0 Å². The molecule has 2 aliphatic rings. The zero-order chi connectivity index (χ0) is 18.6. The van der Waals surface area contributed by atoms with E-state index in [1.165, 1.54) is 6.07 Å². The molecule has 0 unspecified atom stereocenters. The highest BCUT2D eigenvalue weighted by Crippen LogP contribution is 2.38. The summed E-state index contributed by atoms with van der Waals surface area (Å²) in [6.07, 6.45) is 5.23. The van der Waals surface area contributed by atoms with Crippen LogP contribution in [0.1, 0.15) is 32.1 Å².